The van der Waals surface area contributed by atoms with Crippen molar-refractivity contribution in [3.05, 3.63) is 56.6 Å². The zero-order valence-electron chi connectivity index (χ0n) is 12.2. The lowest BCUT2D eigenvalue weighted by Gasteiger charge is -2.09. The molecule has 0 saturated carbocycles. The van der Waals surface area contributed by atoms with Gasteiger partial charge in [0.1, 0.15) is 5.75 Å². The lowest BCUT2D eigenvalue weighted by atomic mass is 10.2. The number of hydrogen-bond acceptors (Lipinski definition) is 2. The number of unbranched alkanes of at least 4 members (excludes halogenated alkanes) is 1. The number of carbonyl (C=O) groups is 1. The van der Waals surface area contributed by atoms with E-state index in [1.165, 1.54) is 0 Å². The van der Waals surface area contributed by atoms with E-state index in [0.717, 1.165) is 16.4 Å². The molecular weight excluding hydrogens is 413 g/mol. The first-order chi connectivity index (χ1) is 10.6. The molecule has 1 amide bonds. The number of ether oxygens (including phenoxy) is 1. The summed E-state index contributed by atoms with van der Waals surface area (Å²) in [5.41, 5.74) is 1.15. The minimum Gasteiger partial charge on any atom is -0.494 e. The summed E-state index contributed by atoms with van der Waals surface area (Å²) in [4.78, 5) is 12.3. The monoisotopic (exact) mass is 429 g/mol. The number of halogens is 2. The quantitative estimate of drug-likeness (QED) is 0.495. The molecule has 22 heavy (non-hydrogen) atoms. The molecule has 0 fully saturated rings. The van der Waals surface area contributed by atoms with Gasteiger partial charge in [-0.3, -0.25) is 4.79 Å². The Morgan fingerprint density at radius 2 is 2.09 bits per heavy atom. The van der Waals surface area contributed by atoms with Crippen molar-refractivity contribution < 1.29 is 9.53 Å². The van der Waals surface area contributed by atoms with Crippen LogP contribution < -0.4 is 10.1 Å². The van der Waals surface area contributed by atoms with Crippen LogP contribution in [0.1, 0.15) is 30.1 Å². The Bertz CT molecular complexity index is 661. The molecule has 116 valence electrons. The van der Waals surface area contributed by atoms with Gasteiger partial charge in [-0.15, -0.1) is 0 Å². The lowest BCUT2D eigenvalue weighted by Crippen LogP contribution is -2.12. The Hall–Kier alpha value is -1.27. The molecule has 0 heterocycles. The Morgan fingerprint density at radius 3 is 2.82 bits per heavy atom. The van der Waals surface area contributed by atoms with E-state index in [2.05, 4.69) is 34.8 Å². The molecule has 0 aliphatic rings. The third-order valence-electron chi connectivity index (χ3n) is 3.04. The summed E-state index contributed by atoms with van der Waals surface area (Å²) in [5.74, 6) is 0.499. The fourth-order valence-electron chi connectivity index (χ4n) is 1.85. The number of rotatable bonds is 6. The van der Waals surface area contributed by atoms with Gasteiger partial charge in [-0.05, 0) is 65.4 Å². The predicted molar refractivity (Wildman–Crippen MR) is 99.0 cm³/mol. The number of carbonyl (C=O) groups excluding carboxylic acids is 1. The van der Waals surface area contributed by atoms with E-state index in [4.69, 9.17) is 16.3 Å². The van der Waals surface area contributed by atoms with Crippen LogP contribution in [0, 0.1) is 3.57 Å². The highest BCUT2D eigenvalue weighted by Gasteiger charge is 2.09. The normalized spacial score (nSPS) is 10.3. The highest BCUT2D eigenvalue weighted by Crippen LogP contribution is 2.24. The summed E-state index contributed by atoms with van der Waals surface area (Å²) in [6.45, 7) is 2.77. The predicted octanol–water partition coefficient (Wildman–Crippen LogP) is 5.38. The van der Waals surface area contributed by atoms with Gasteiger partial charge < -0.3 is 10.1 Å². The van der Waals surface area contributed by atoms with E-state index in [-0.39, 0.29) is 5.91 Å². The van der Waals surface area contributed by atoms with Gasteiger partial charge in [0.05, 0.1) is 17.3 Å². The Morgan fingerprint density at radius 1 is 1.27 bits per heavy atom. The molecule has 2 aromatic rings. The second kappa shape index (κ2) is 8.39. The molecule has 0 aromatic heterocycles. The van der Waals surface area contributed by atoms with Crippen LogP contribution in [0.5, 0.6) is 5.75 Å². The summed E-state index contributed by atoms with van der Waals surface area (Å²) in [6, 6.07) is 12.7. The maximum atomic E-state index is 12.3. The number of amides is 1. The van der Waals surface area contributed by atoms with E-state index < -0.39 is 0 Å². The van der Waals surface area contributed by atoms with Gasteiger partial charge in [0.25, 0.3) is 5.91 Å². The summed E-state index contributed by atoms with van der Waals surface area (Å²) < 4.78 is 6.64. The van der Waals surface area contributed by atoms with Gasteiger partial charge in [0.2, 0.25) is 0 Å². The molecule has 0 saturated heterocycles. The fraction of sp³-hybridized carbons (Fsp3) is 0.235. The number of hydrogen-bond donors (Lipinski definition) is 1. The third-order valence-corrected chi connectivity index (χ3v) is 4.03. The molecular formula is C17H17ClINO2. The molecule has 0 spiro atoms. The lowest BCUT2D eigenvalue weighted by molar-refractivity contribution is 0.102. The first kappa shape index (κ1) is 17.1. The van der Waals surface area contributed by atoms with Gasteiger partial charge >= 0.3 is 0 Å². The van der Waals surface area contributed by atoms with E-state index in [1.54, 1.807) is 18.2 Å². The van der Waals surface area contributed by atoms with E-state index in [1.807, 2.05) is 24.3 Å². The van der Waals surface area contributed by atoms with Crippen LogP contribution >= 0.6 is 34.2 Å². The summed E-state index contributed by atoms with van der Waals surface area (Å²) >= 11 is 8.31. The van der Waals surface area contributed by atoms with Crippen molar-refractivity contribution in [1.82, 2.24) is 0 Å². The number of benzene rings is 2. The van der Waals surface area contributed by atoms with Crippen molar-refractivity contribution in [1.29, 1.82) is 0 Å². The first-order valence-electron chi connectivity index (χ1n) is 7.09. The minimum atomic E-state index is -0.205. The molecule has 0 aliphatic carbocycles. The van der Waals surface area contributed by atoms with Gasteiger partial charge in [-0.2, -0.15) is 0 Å². The van der Waals surface area contributed by atoms with E-state index in [9.17, 15) is 4.79 Å². The van der Waals surface area contributed by atoms with Crippen LogP contribution in [0.15, 0.2) is 42.5 Å². The summed E-state index contributed by atoms with van der Waals surface area (Å²) in [7, 11) is 0. The molecule has 0 aliphatic heterocycles. The van der Waals surface area contributed by atoms with Crippen LogP contribution in [0.3, 0.4) is 0 Å². The molecule has 3 nitrogen and oxygen atoms in total. The van der Waals surface area contributed by atoms with Gasteiger partial charge in [0.15, 0.2) is 0 Å². The molecule has 0 atom stereocenters. The van der Waals surface area contributed by atoms with Gasteiger partial charge in [0, 0.05) is 9.13 Å². The maximum Gasteiger partial charge on any atom is 0.255 e. The van der Waals surface area contributed by atoms with Crippen molar-refractivity contribution >= 4 is 45.8 Å². The van der Waals surface area contributed by atoms with Gasteiger partial charge in [-0.1, -0.05) is 31.0 Å². The minimum absolute atomic E-state index is 0.205. The Labute approximate surface area is 149 Å². The zero-order valence-corrected chi connectivity index (χ0v) is 15.1. The number of anilines is 1. The van der Waals surface area contributed by atoms with Crippen molar-refractivity contribution in [2.45, 2.75) is 19.8 Å². The molecule has 0 unspecified atom stereocenters. The van der Waals surface area contributed by atoms with Crippen LogP contribution in [-0.2, 0) is 0 Å². The molecule has 2 rings (SSSR count). The second-order valence-electron chi connectivity index (χ2n) is 4.81. The molecule has 5 heteroatoms. The standard InChI is InChI=1S/C17H17ClINO2/c1-2-3-9-22-14-6-4-5-12(10-14)17(21)20-16-8-7-13(19)11-15(16)18/h4-8,10-11H,2-3,9H2,1H3,(H,20,21). The smallest absolute Gasteiger partial charge is 0.255 e. The van der Waals surface area contributed by atoms with Crippen molar-refractivity contribution in [3.63, 3.8) is 0 Å². The van der Waals surface area contributed by atoms with Crippen molar-refractivity contribution in [2.24, 2.45) is 0 Å². The molecule has 2 aromatic carbocycles. The van der Waals surface area contributed by atoms with Crippen molar-refractivity contribution in [2.75, 3.05) is 11.9 Å². The van der Waals surface area contributed by atoms with Crippen LogP contribution in [-0.4, -0.2) is 12.5 Å². The average molecular weight is 430 g/mol. The van der Waals surface area contributed by atoms with Gasteiger partial charge in [-0.25, -0.2) is 0 Å². The molecule has 0 bridgehead atoms. The first-order valence-corrected chi connectivity index (χ1v) is 8.55. The molecule has 0 radical (unpaired) electrons. The fourth-order valence-corrected chi connectivity index (χ4v) is 2.75. The van der Waals surface area contributed by atoms with Crippen LogP contribution in [0.25, 0.3) is 0 Å². The highest BCUT2D eigenvalue weighted by atomic mass is 127. The molecule has 1 N–H and O–H groups in total. The summed E-state index contributed by atoms with van der Waals surface area (Å²) in [5, 5.41) is 3.34. The third kappa shape index (κ3) is 4.88. The Balaban J connectivity index is 2.07. The second-order valence-corrected chi connectivity index (χ2v) is 6.46. The largest absolute Gasteiger partial charge is 0.494 e. The van der Waals surface area contributed by atoms with Crippen LogP contribution in [0.4, 0.5) is 5.69 Å². The summed E-state index contributed by atoms with van der Waals surface area (Å²) in [6.07, 6.45) is 2.07. The van der Waals surface area contributed by atoms with Crippen molar-refractivity contribution in [3.8, 4) is 5.75 Å². The van der Waals surface area contributed by atoms with E-state index >= 15 is 0 Å². The number of nitrogens with one attached hydrogen (secondary N) is 1. The average Bonchev–Trinajstić information content (AvgIpc) is 2.50. The SMILES string of the molecule is CCCCOc1cccc(C(=O)Nc2ccc(I)cc2Cl)c1. The zero-order chi connectivity index (χ0) is 15.9. The van der Waals surface area contributed by atoms with Crippen LogP contribution in [0.2, 0.25) is 5.02 Å². The Kier molecular flexibility index (Phi) is 6.51. The highest BCUT2D eigenvalue weighted by molar-refractivity contribution is 14.1. The topological polar surface area (TPSA) is 38.3 Å². The van der Waals surface area contributed by atoms with E-state index in [0.29, 0.717) is 28.6 Å². The maximum absolute atomic E-state index is 12.3.